The Morgan fingerprint density at radius 1 is 1.53 bits per heavy atom. The van der Waals surface area contributed by atoms with E-state index in [1.54, 1.807) is 24.6 Å². The van der Waals surface area contributed by atoms with Crippen LogP contribution in [-0.4, -0.2) is 22.9 Å². The summed E-state index contributed by atoms with van der Waals surface area (Å²) in [4.78, 5) is 22.2. The fourth-order valence-corrected chi connectivity index (χ4v) is 1.78. The third kappa shape index (κ3) is 2.39. The number of halogens is 1. The Balaban J connectivity index is 3.07. The minimum atomic E-state index is -0.522. The van der Waals surface area contributed by atoms with E-state index in [-0.39, 0.29) is 12.4 Å². The summed E-state index contributed by atoms with van der Waals surface area (Å²) in [5, 5.41) is -0.522. The first-order valence-electron chi connectivity index (χ1n) is 4.39. The number of rotatable bonds is 3. The molecule has 5 heteroatoms. The molecule has 0 aromatic carbocycles. The lowest BCUT2D eigenvalue weighted by molar-refractivity contribution is -0.139. The van der Waals surface area contributed by atoms with Crippen molar-refractivity contribution in [2.45, 2.75) is 13.3 Å². The SMILES string of the molecule is COC(=O)Cc1cc(C)c(C(=O)Cl)n1C. The fraction of sp³-hybridized carbons (Fsp3) is 0.400. The lowest BCUT2D eigenvalue weighted by Gasteiger charge is -2.03. The minimum absolute atomic E-state index is 0.137. The molecule has 4 nitrogen and oxygen atoms in total. The molecule has 0 saturated heterocycles. The molecule has 82 valence electrons. The number of esters is 1. The van der Waals surface area contributed by atoms with Crippen LogP contribution in [0, 0.1) is 6.92 Å². The molecule has 0 aliphatic heterocycles. The van der Waals surface area contributed by atoms with Crippen LogP contribution in [0.4, 0.5) is 0 Å². The topological polar surface area (TPSA) is 48.3 Å². The number of ether oxygens (including phenoxy) is 1. The first-order valence-corrected chi connectivity index (χ1v) is 4.77. The molecule has 15 heavy (non-hydrogen) atoms. The predicted molar refractivity (Wildman–Crippen MR) is 56.1 cm³/mol. The Morgan fingerprint density at radius 2 is 2.13 bits per heavy atom. The van der Waals surface area contributed by atoms with Gasteiger partial charge in [-0.05, 0) is 30.2 Å². The number of hydrogen-bond donors (Lipinski definition) is 0. The average molecular weight is 230 g/mol. The summed E-state index contributed by atoms with van der Waals surface area (Å²) in [5.41, 5.74) is 1.88. The highest BCUT2D eigenvalue weighted by Crippen LogP contribution is 2.16. The molecular formula is C10H12ClNO3. The van der Waals surface area contributed by atoms with E-state index in [2.05, 4.69) is 4.74 Å². The van der Waals surface area contributed by atoms with Crippen molar-refractivity contribution in [1.82, 2.24) is 4.57 Å². The van der Waals surface area contributed by atoms with Crippen LogP contribution < -0.4 is 0 Å². The van der Waals surface area contributed by atoms with Crippen molar-refractivity contribution in [1.29, 1.82) is 0 Å². The Morgan fingerprint density at radius 3 is 2.53 bits per heavy atom. The van der Waals surface area contributed by atoms with Gasteiger partial charge in [-0.15, -0.1) is 0 Å². The van der Waals surface area contributed by atoms with Gasteiger partial charge in [-0.1, -0.05) is 0 Å². The summed E-state index contributed by atoms with van der Waals surface area (Å²) in [6.45, 7) is 1.77. The van der Waals surface area contributed by atoms with Gasteiger partial charge >= 0.3 is 5.97 Å². The average Bonchev–Trinajstić information content (AvgIpc) is 2.41. The van der Waals surface area contributed by atoms with Crippen molar-refractivity contribution < 1.29 is 14.3 Å². The molecule has 1 heterocycles. The van der Waals surface area contributed by atoms with Gasteiger partial charge in [-0.2, -0.15) is 0 Å². The van der Waals surface area contributed by atoms with E-state index < -0.39 is 5.24 Å². The molecule has 1 aromatic rings. The van der Waals surface area contributed by atoms with Crippen molar-refractivity contribution in [3.05, 3.63) is 23.0 Å². The normalized spacial score (nSPS) is 10.1. The Hall–Kier alpha value is -1.29. The maximum atomic E-state index is 11.1. The fourth-order valence-electron chi connectivity index (χ4n) is 1.50. The van der Waals surface area contributed by atoms with Gasteiger partial charge in [0.2, 0.25) is 0 Å². The standard InChI is InChI=1S/C10H12ClNO3/c1-6-4-7(5-8(13)15-3)12(2)9(6)10(11)14/h4H,5H2,1-3H3. The first-order chi connectivity index (χ1) is 6.97. The minimum Gasteiger partial charge on any atom is -0.469 e. The Labute approximate surface area is 92.8 Å². The number of methoxy groups -OCH3 is 1. The molecule has 0 bridgehead atoms. The molecule has 0 unspecified atom stereocenters. The number of nitrogens with zero attached hydrogens (tertiary/aromatic N) is 1. The Bertz CT molecular complexity index is 409. The first kappa shape index (κ1) is 11.8. The van der Waals surface area contributed by atoms with Crippen molar-refractivity contribution in [3.8, 4) is 0 Å². The number of carbonyl (C=O) groups is 2. The molecule has 0 radical (unpaired) electrons. The van der Waals surface area contributed by atoms with E-state index in [0.29, 0.717) is 11.4 Å². The molecule has 0 fully saturated rings. The van der Waals surface area contributed by atoms with E-state index in [0.717, 1.165) is 5.56 Å². The second-order valence-electron chi connectivity index (χ2n) is 3.25. The van der Waals surface area contributed by atoms with Crippen LogP contribution in [0.25, 0.3) is 0 Å². The number of carbonyl (C=O) groups excluding carboxylic acids is 2. The van der Waals surface area contributed by atoms with Crippen LogP contribution in [-0.2, 0) is 23.0 Å². The second-order valence-corrected chi connectivity index (χ2v) is 3.60. The predicted octanol–water partition coefficient (Wildman–Crippen LogP) is 1.43. The smallest absolute Gasteiger partial charge is 0.311 e. The maximum absolute atomic E-state index is 11.1. The van der Waals surface area contributed by atoms with E-state index in [9.17, 15) is 9.59 Å². The molecular weight excluding hydrogens is 218 g/mol. The van der Waals surface area contributed by atoms with Crippen LogP contribution in [0.1, 0.15) is 21.7 Å². The Kier molecular flexibility index (Phi) is 3.52. The molecule has 0 atom stereocenters. The van der Waals surface area contributed by atoms with Crippen LogP contribution in [0.3, 0.4) is 0 Å². The molecule has 0 aliphatic rings. The summed E-state index contributed by atoms with van der Waals surface area (Å²) < 4.78 is 6.16. The van der Waals surface area contributed by atoms with Crippen molar-refractivity contribution >= 4 is 22.8 Å². The van der Waals surface area contributed by atoms with Gasteiger partial charge in [0.05, 0.1) is 13.5 Å². The summed E-state index contributed by atoms with van der Waals surface area (Å²) in [6.07, 6.45) is 0.137. The molecule has 0 aliphatic carbocycles. The van der Waals surface area contributed by atoms with Crippen molar-refractivity contribution in [2.24, 2.45) is 7.05 Å². The third-order valence-electron chi connectivity index (χ3n) is 2.26. The number of hydrogen-bond acceptors (Lipinski definition) is 3. The van der Waals surface area contributed by atoms with E-state index in [4.69, 9.17) is 11.6 Å². The lowest BCUT2D eigenvalue weighted by Crippen LogP contribution is -2.10. The van der Waals surface area contributed by atoms with Gasteiger partial charge in [0.1, 0.15) is 5.69 Å². The van der Waals surface area contributed by atoms with Gasteiger partial charge in [-0.3, -0.25) is 9.59 Å². The molecule has 1 aromatic heterocycles. The van der Waals surface area contributed by atoms with E-state index in [1.165, 1.54) is 7.11 Å². The highest BCUT2D eigenvalue weighted by Gasteiger charge is 2.16. The van der Waals surface area contributed by atoms with Gasteiger partial charge < -0.3 is 9.30 Å². The van der Waals surface area contributed by atoms with Crippen LogP contribution in [0.5, 0.6) is 0 Å². The van der Waals surface area contributed by atoms with Crippen LogP contribution in [0.2, 0.25) is 0 Å². The lowest BCUT2D eigenvalue weighted by atomic mass is 10.2. The third-order valence-corrected chi connectivity index (χ3v) is 2.44. The van der Waals surface area contributed by atoms with Gasteiger partial charge in [0.15, 0.2) is 0 Å². The largest absolute Gasteiger partial charge is 0.469 e. The summed E-state index contributed by atoms with van der Waals surface area (Å²) in [5.74, 6) is -0.343. The molecule has 1 rings (SSSR count). The number of aryl methyl sites for hydroxylation is 1. The monoisotopic (exact) mass is 229 g/mol. The van der Waals surface area contributed by atoms with Crippen molar-refractivity contribution in [3.63, 3.8) is 0 Å². The van der Waals surface area contributed by atoms with E-state index in [1.807, 2.05) is 0 Å². The van der Waals surface area contributed by atoms with Gasteiger partial charge in [-0.25, -0.2) is 0 Å². The maximum Gasteiger partial charge on any atom is 0.311 e. The van der Waals surface area contributed by atoms with Crippen LogP contribution in [0.15, 0.2) is 6.07 Å². The quantitative estimate of drug-likeness (QED) is 0.582. The zero-order valence-electron chi connectivity index (χ0n) is 8.83. The van der Waals surface area contributed by atoms with Crippen LogP contribution >= 0.6 is 11.6 Å². The highest BCUT2D eigenvalue weighted by atomic mass is 35.5. The van der Waals surface area contributed by atoms with Gasteiger partial charge in [0, 0.05) is 12.7 Å². The van der Waals surface area contributed by atoms with Gasteiger partial charge in [0.25, 0.3) is 5.24 Å². The molecule has 0 N–H and O–H groups in total. The summed E-state index contributed by atoms with van der Waals surface area (Å²) in [7, 11) is 3.02. The summed E-state index contributed by atoms with van der Waals surface area (Å²) >= 11 is 5.42. The molecule has 0 saturated carbocycles. The second kappa shape index (κ2) is 4.49. The van der Waals surface area contributed by atoms with Crippen molar-refractivity contribution in [2.75, 3.05) is 7.11 Å². The molecule has 0 amide bonds. The molecule has 0 spiro atoms. The zero-order valence-corrected chi connectivity index (χ0v) is 9.59. The summed E-state index contributed by atoms with van der Waals surface area (Å²) in [6, 6.07) is 1.76. The highest BCUT2D eigenvalue weighted by molar-refractivity contribution is 6.67. The number of aromatic nitrogens is 1. The zero-order chi connectivity index (χ0) is 11.6. The van der Waals surface area contributed by atoms with E-state index >= 15 is 0 Å².